The molecule has 1 saturated heterocycles. The number of likely N-dealkylation sites (tertiary alicyclic amines) is 1. The van der Waals surface area contributed by atoms with Gasteiger partial charge in [0.1, 0.15) is 5.75 Å². The lowest BCUT2D eigenvalue weighted by atomic mass is 10.2. The van der Waals surface area contributed by atoms with Crippen molar-refractivity contribution in [2.24, 2.45) is 0 Å². The summed E-state index contributed by atoms with van der Waals surface area (Å²) in [6.45, 7) is 5.65. The third-order valence-electron chi connectivity index (χ3n) is 3.45. The van der Waals surface area contributed by atoms with Crippen LogP contribution in [-0.4, -0.2) is 48.4 Å². The normalized spacial score (nSPS) is 18.0. The van der Waals surface area contributed by atoms with E-state index in [2.05, 4.69) is 0 Å². The smallest absolute Gasteiger partial charge is 0.397 e. The van der Waals surface area contributed by atoms with Crippen LogP contribution in [0.15, 0.2) is 24.3 Å². The van der Waals surface area contributed by atoms with E-state index in [-0.39, 0.29) is 5.97 Å². The van der Waals surface area contributed by atoms with E-state index in [4.69, 9.17) is 14.2 Å². The topological polar surface area (TPSA) is 68.2 Å². The van der Waals surface area contributed by atoms with Gasteiger partial charge in [-0.25, -0.2) is 9.69 Å². The van der Waals surface area contributed by atoms with Crippen LogP contribution in [0.4, 0.5) is 0 Å². The van der Waals surface area contributed by atoms with Crippen molar-refractivity contribution in [3.63, 3.8) is 0 Å². The molecule has 6 heteroatoms. The summed E-state index contributed by atoms with van der Waals surface area (Å²) in [6, 6.07) is 6.44. The maximum absolute atomic E-state index is 11.6. The predicted octanol–water partition coefficient (Wildman–Crippen LogP) is 1.98. The van der Waals surface area contributed by atoms with Gasteiger partial charge in [0, 0.05) is 13.1 Å². The third kappa shape index (κ3) is 3.97. The summed E-state index contributed by atoms with van der Waals surface area (Å²) in [5, 5.41) is 10.6. The SMILES string of the molecule is CCOC(=O)c1ccc(OC(O)(OCC)N2CCCC2)cc1. The van der Waals surface area contributed by atoms with E-state index in [1.807, 2.05) is 0 Å². The van der Waals surface area contributed by atoms with E-state index >= 15 is 0 Å². The molecule has 0 bridgehead atoms. The van der Waals surface area contributed by atoms with Crippen LogP contribution in [0, 0.1) is 0 Å². The first kappa shape index (κ1) is 16.7. The van der Waals surface area contributed by atoms with Gasteiger partial charge in [-0.1, -0.05) is 0 Å². The van der Waals surface area contributed by atoms with E-state index in [1.165, 1.54) is 0 Å². The number of benzene rings is 1. The molecule has 0 spiro atoms. The Bertz CT molecular complexity index is 484. The number of esters is 1. The molecular weight excluding hydrogens is 286 g/mol. The van der Waals surface area contributed by atoms with Crippen LogP contribution in [0.2, 0.25) is 0 Å². The summed E-state index contributed by atoms with van der Waals surface area (Å²) in [4.78, 5) is 13.4. The minimum Gasteiger partial charge on any atom is -0.462 e. The zero-order chi connectivity index (χ0) is 16.0. The maximum atomic E-state index is 11.6. The van der Waals surface area contributed by atoms with Crippen LogP contribution < -0.4 is 4.74 Å². The van der Waals surface area contributed by atoms with Gasteiger partial charge >= 0.3 is 12.1 Å². The molecule has 0 amide bonds. The van der Waals surface area contributed by atoms with Gasteiger partial charge in [-0.15, -0.1) is 0 Å². The highest BCUT2D eigenvalue weighted by atomic mass is 16.8. The van der Waals surface area contributed by atoms with Gasteiger partial charge in [0.05, 0.1) is 18.8 Å². The average molecular weight is 309 g/mol. The zero-order valence-electron chi connectivity index (χ0n) is 13.1. The second-order valence-electron chi connectivity index (χ2n) is 5.02. The molecule has 6 nitrogen and oxygen atoms in total. The number of rotatable bonds is 7. The zero-order valence-corrected chi connectivity index (χ0v) is 13.1. The molecule has 1 fully saturated rings. The van der Waals surface area contributed by atoms with Crippen LogP contribution >= 0.6 is 0 Å². The Morgan fingerprint density at radius 1 is 1.18 bits per heavy atom. The number of hydrogen-bond acceptors (Lipinski definition) is 6. The highest BCUT2D eigenvalue weighted by Gasteiger charge is 2.40. The summed E-state index contributed by atoms with van der Waals surface area (Å²) in [7, 11) is 0. The van der Waals surface area contributed by atoms with Crippen LogP contribution in [0.1, 0.15) is 37.0 Å². The summed E-state index contributed by atoms with van der Waals surface area (Å²) in [5.41, 5.74) is 0.440. The maximum Gasteiger partial charge on any atom is 0.397 e. The van der Waals surface area contributed by atoms with Gasteiger partial charge in [-0.3, -0.25) is 0 Å². The molecule has 22 heavy (non-hydrogen) atoms. The molecule has 0 radical (unpaired) electrons. The summed E-state index contributed by atoms with van der Waals surface area (Å²) >= 11 is 0. The van der Waals surface area contributed by atoms with Crippen LogP contribution in [0.5, 0.6) is 5.75 Å². The van der Waals surface area contributed by atoms with Crippen molar-refractivity contribution in [2.75, 3.05) is 26.3 Å². The molecule has 1 atom stereocenters. The van der Waals surface area contributed by atoms with E-state index in [0.29, 0.717) is 24.5 Å². The predicted molar refractivity (Wildman–Crippen MR) is 80.4 cm³/mol. The lowest BCUT2D eigenvalue weighted by Gasteiger charge is -2.35. The van der Waals surface area contributed by atoms with Crippen LogP contribution in [0.3, 0.4) is 0 Å². The molecule has 0 aromatic heterocycles. The third-order valence-corrected chi connectivity index (χ3v) is 3.45. The van der Waals surface area contributed by atoms with Crippen LogP contribution in [0.25, 0.3) is 0 Å². The molecule has 0 aliphatic carbocycles. The van der Waals surface area contributed by atoms with Gasteiger partial charge in [0.25, 0.3) is 0 Å². The Morgan fingerprint density at radius 2 is 1.82 bits per heavy atom. The molecule has 1 heterocycles. The second kappa shape index (κ2) is 7.58. The quantitative estimate of drug-likeness (QED) is 0.613. The number of ether oxygens (including phenoxy) is 3. The summed E-state index contributed by atoms with van der Waals surface area (Å²) < 4.78 is 16.0. The Kier molecular flexibility index (Phi) is 5.76. The van der Waals surface area contributed by atoms with Gasteiger partial charge < -0.3 is 19.3 Å². The largest absolute Gasteiger partial charge is 0.462 e. The fraction of sp³-hybridized carbons (Fsp3) is 0.562. The molecule has 2 rings (SSSR count). The van der Waals surface area contributed by atoms with E-state index < -0.39 is 6.10 Å². The number of aliphatic hydroxyl groups is 1. The standard InChI is InChI=1S/C16H23NO5/c1-3-20-15(18)13-7-9-14(10-8-13)22-16(19,21-4-2)17-11-5-6-12-17/h7-10,19H,3-6,11-12H2,1-2H3. The number of nitrogens with zero attached hydrogens (tertiary/aromatic N) is 1. The lowest BCUT2D eigenvalue weighted by molar-refractivity contribution is -0.391. The fourth-order valence-electron chi connectivity index (χ4n) is 2.40. The monoisotopic (exact) mass is 309 g/mol. The molecule has 1 aliphatic heterocycles. The van der Waals surface area contributed by atoms with Crippen molar-refractivity contribution < 1.29 is 24.1 Å². The molecule has 1 aromatic rings. The molecule has 1 aromatic carbocycles. The van der Waals surface area contributed by atoms with E-state index in [0.717, 1.165) is 25.9 Å². The highest BCUT2D eigenvalue weighted by Crippen LogP contribution is 2.25. The van der Waals surface area contributed by atoms with Crippen molar-refractivity contribution >= 4 is 5.97 Å². The van der Waals surface area contributed by atoms with Gasteiger partial charge in [0.15, 0.2) is 0 Å². The Labute approximate surface area is 130 Å². The van der Waals surface area contributed by atoms with E-state index in [9.17, 15) is 9.90 Å². The second-order valence-corrected chi connectivity index (χ2v) is 5.02. The number of carbonyl (C=O) groups excluding carboxylic acids is 1. The van der Waals surface area contributed by atoms with Crippen LogP contribution in [-0.2, 0) is 9.47 Å². The Balaban J connectivity index is 2.08. The molecule has 122 valence electrons. The Morgan fingerprint density at radius 3 is 2.36 bits per heavy atom. The lowest BCUT2D eigenvalue weighted by Crippen LogP contribution is -2.54. The number of hydrogen-bond donors (Lipinski definition) is 1. The summed E-state index contributed by atoms with van der Waals surface area (Å²) in [6.07, 6.45) is 0.234. The first-order chi connectivity index (χ1) is 10.6. The van der Waals surface area contributed by atoms with Gasteiger partial charge in [-0.05, 0) is 51.0 Å². The minimum atomic E-state index is -1.77. The Hall–Kier alpha value is -1.63. The van der Waals surface area contributed by atoms with E-state index in [1.54, 1.807) is 43.0 Å². The highest BCUT2D eigenvalue weighted by molar-refractivity contribution is 5.89. The van der Waals surface area contributed by atoms with Crippen molar-refractivity contribution in [3.05, 3.63) is 29.8 Å². The van der Waals surface area contributed by atoms with Crippen molar-refractivity contribution in [2.45, 2.75) is 32.8 Å². The first-order valence-corrected chi connectivity index (χ1v) is 7.66. The molecule has 1 N–H and O–H groups in total. The average Bonchev–Trinajstić information content (AvgIpc) is 3.03. The fourth-order valence-corrected chi connectivity index (χ4v) is 2.40. The number of carbonyl (C=O) groups is 1. The van der Waals surface area contributed by atoms with Gasteiger partial charge in [0.2, 0.25) is 0 Å². The summed E-state index contributed by atoms with van der Waals surface area (Å²) in [5.74, 6) is 0.0459. The molecule has 1 unspecified atom stereocenters. The minimum absolute atomic E-state index is 0.327. The van der Waals surface area contributed by atoms with Crippen molar-refractivity contribution in [1.29, 1.82) is 0 Å². The molecule has 0 saturated carbocycles. The van der Waals surface area contributed by atoms with Gasteiger partial charge in [-0.2, -0.15) is 0 Å². The first-order valence-electron chi connectivity index (χ1n) is 7.66. The molecular formula is C16H23NO5. The van der Waals surface area contributed by atoms with Crippen molar-refractivity contribution in [1.82, 2.24) is 4.90 Å². The van der Waals surface area contributed by atoms with Crippen molar-refractivity contribution in [3.8, 4) is 5.75 Å². The molecule has 1 aliphatic rings.